The topological polar surface area (TPSA) is 42.0 Å². The van der Waals surface area contributed by atoms with Crippen molar-refractivity contribution in [3.63, 3.8) is 0 Å². The predicted octanol–water partition coefficient (Wildman–Crippen LogP) is 4.40. The fraction of sp³-hybridized carbons (Fsp3) is 0.682. The van der Waals surface area contributed by atoms with Crippen molar-refractivity contribution >= 4 is 29.1 Å². The molecule has 4 rings (SSSR count). The number of likely N-dealkylation sites (tertiary alicyclic amines) is 1. The minimum atomic E-state index is -0.0647. The van der Waals surface area contributed by atoms with Crippen LogP contribution in [0.25, 0.3) is 0 Å². The van der Waals surface area contributed by atoms with Crippen LogP contribution < -0.4 is 4.74 Å². The number of ether oxygens (including phenoxy) is 2. The van der Waals surface area contributed by atoms with E-state index in [4.69, 9.17) is 32.7 Å². The van der Waals surface area contributed by atoms with Crippen molar-refractivity contribution in [3.8, 4) is 5.75 Å². The van der Waals surface area contributed by atoms with Crippen LogP contribution in [0.15, 0.2) is 18.2 Å². The molecule has 1 amide bonds. The van der Waals surface area contributed by atoms with E-state index in [0.29, 0.717) is 21.8 Å². The van der Waals surface area contributed by atoms with Gasteiger partial charge < -0.3 is 14.4 Å². The second kappa shape index (κ2) is 9.01. The number of hydrogen-bond donors (Lipinski definition) is 0. The number of rotatable bonds is 5. The highest BCUT2D eigenvalue weighted by Crippen LogP contribution is 2.43. The van der Waals surface area contributed by atoms with Crippen molar-refractivity contribution in [3.05, 3.63) is 28.2 Å². The number of halogens is 2. The van der Waals surface area contributed by atoms with Crippen LogP contribution in [0.2, 0.25) is 10.0 Å². The van der Waals surface area contributed by atoms with Crippen molar-refractivity contribution in [1.82, 2.24) is 9.80 Å². The monoisotopic (exact) mass is 440 g/mol. The van der Waals surface area contributed by atoms with Crippen molar-refractivity contribution in [2.45, 2.75) is 62.6 Å². The Morgan fingerprint density at radius 3 is 2.62 bits per heavy atom. The predicted molar refractivity (Wildman–Crippen MR) is 115 cm³/mol. The molecule has 1 aromatic carbocycles. The Labute approximate surface area is 183 Å². The minimum absolute atomic E-state index is 0.0230. The van der Waals surface area contributed by atoms with E-state index in [1.165, 1.54) is 12.8 Å². The van der Waals surface area contributed by atoms with Crippen molar-refractivity contribution in [2.24, 2.45) is 0 Å². The molecule has 160 valence electrons. The SMILES string of the molecule is CN(C(=O)COc1c(Cl)cccc1Cl)[C@@H]1CC[C@@]2(CCCO2)C[C@H]1N1CCCC1. The Hall–Kier alpha value is -1.01. The Bertz CT molecular complexity index is 713. The third kappa shape index (κ3) is 4.53. The van der Waals surface area contributed by atoms with Crippen LogP contribution in [0.4, 0.5) is 0 Å². The first kappa shape index (κ1) is 21.2. The summed E-state index contributed by atoms with van der Waals surface area (Å²) in [6, 6.07) is 5.71. The van der Waals surface area contributed by atoms with Gasteiger partial charge in [-0.3, -0.25) is 9.69 Å². The zero-order valence-electron chi connectivity index (χ0n) is 17.0. The van der Waals surface area contributed by atoms with Gasteiger partial charge in [0.25, 0.3) is 5.91 Å². The van der Waals surface area contributed by atoms with Gasteiger partial charge in [0, 0.05) is 25.7 Å². The standard InChI is InChI=1S/C22H30Cl2N2O3/c1-25(20(27)15-28-21-16(23)6-4-7-17(21)24)18-8-10-22(9-5-13-29-22)14-19(18)26-11-2-3-12-26/h4,6-7,18-19H,2-3,5,8-15H2,1H3/t18-,19-,22+/m1/s1. The van der Waals surface area contributed by atoms with Crippen molar-refractivity contribution in [1.29, 1.82) is 0 Å². The van der Waals surface area contributed by atoms with E-state index >= 15 is 0 Å². The summed E-state index contributed by atoms with van der Waals surface area (Å²) in [6.45, 7) is 3.04. The van der Waals surface area contributed by atoms with Gasteiger partial charge in [-0.2, -0.15) is 0 Å². The molecule has 0 unspecified atom stereocenters. The highest BCUT2D eigenvalue weighted by molar-refractivity contribution is 6.37. The fourth-order valence-corrected chi connectivity index (χ4v) is 5.78. The largest absolute Gasteiger partial charge is 0.481 e. The summed E-state index contributed by atoms with van der Waals surface area (Å²) in [4.78, 5) is 17.4. The van der Waals surface area contributed by atoms with Crippen LogP contribution >= 0.6 is 23.2 Å². The number of carbonyl (C=O) groups is 1. The summed E-state index contributed by atoms with van der Waals surface area (Å²) in [5.41, 5.74) is 0.0230. The highest BCUT2D eigenvalue weighted by atomic mass is 35.5. The average molecular weight is 441 g/mol. The van der Waals surface area contributed by atoms with Crippen LogP contribution in [0.5, 0.6) is 5.75 Å². The number of carbonyl (C=O) groups excluding carboxylic acids is 1. The first-order valence-electron chi connectivity index (χ1n) is 10.7. The first-order valence-corrected chi connectivity index (χ1v) is 11.5. The van der Waals surface area contributed by atoms with E-state index in [1.807, 2.05) is 11.9 Å². The lowest BCUT2D eigenvalue weighted by Gasteiger charge is -2.48. The number of nitrogens with zero attached hydrogens (tertiary/aromatic N) is 2. The van der Waals surface area contributed by atoms with Crippen LogP contribution in [-0.2, 0) is 9.53 Å². The average Bonchev–Trinajstić information content (AvgIpc) is 3.39. The van der Waals surface area contributed by atoms with E-state index in [-0.39, 0.29) is 24.2 Å². The van der Waals surface area contributed by atoms with E-state index in [9.17, 15) is 4.79 Å². The van der Waals surface area contributed by atoms with Gasteiger partial charge in [0.1, 0.15) is 0 Å². The van der Waals surface area contributed by atoms with Gasteiger partial charge in [-0.05, 0) is 70.2 Å². The molecule has 0 radical (unpaired) electrons. The molecule has 0 bridgehead atoms. The van der Waals surface area contributed by atoms with E-state index in [2.05, 4.69) is 4.90 Å². The summed E-state index contributed by atoms with van der Waals surface area (Å²) < 4.78 is 11.9. The lowest BCUT2D eigenvalue weighted by atomic mass is 9.76. The fourth-order valence-electron chi connectivity index (χ4n) is 5.27. The highest BCUT2D eigenvalue weighted by Gasteiger charge is 2.47. The molecule has 3 aliphatic rings. The Morgan fingerprint density at radius 2 is 1.97 bits per heavy atom. The molecule has 5 nitrogen and oxygen atoms in total. The normalized spacial score (nSPS) is 30.0. The molecule has 1 spiro atoms. The van der Waals surface area contributed by atoms with Crippen LogP contribution in [0.3, 0.4) is 0 Å². The Kier molecular flexibility index (Phi) is 6.59. The molecule has 0 N–H and O–H groups in total. The Balaban J connectivity index is 1.44. The second-order valence-corrected chi connectivity index (χ2v) is 9.41. The van der Waals surface area contributed by atoms with Gasteiger partial charge in [-0.15, -0.1) is 0 Å². The van der Waals surface area contributed by atoms with Gasteiger partial charge >= 0.3 is 0 Å². The second-order valence-electron chi connectivity index (χ2n) is 8.60. The van der Waals surface area contributed by atoms with Gasteiger partial charge in [0.2, 0.25) is 0 Å². The van der Waals surface area contributed by atoms with Crippen LogP contribution in [-0.4, -0.2) is 66.7 Å². The van der Waals surface area contributed by atoms with Crippen LogP contribution in [0, 0.1) is 0 Å². The molecule has 2 saturated heterocycles. The maximum Gasteiger partial charge on any atom is 0.260 e. The zero-order chi connectivity index (χ0) is 20.4. The number of amides is 1. The van der Waals surface area contributed by atoms with Crippen molar-refractivity contribution < 1.29 is 14.3 Å². The first-order chi connectivity index (χ1) is 14.0. The number of hydrogen-bond acceptors (Lipinski definition) is 4. The summed E-state index contributed by atoms with van der Waals surface area (Å²) in [6.07, 6.45) is 7.79. The molecule has 7 heteroatoms. The maximum atomic E-state index is 13.0. The van der Waals surface area contributed by atoms with Gasteiger partial charge in [-0.1, -0.05) is 29.3 Å². The van der Waals surface area contributed by atoms with Crippen LogP contribution in [0.1, 0.15) is 44.9 Å². The van der Waals surface area contributed by atoms with Crippen molar-refractivity contribution in [2.75, 3.05) is 33.4 Å². The number of likely N-dealkylation sites (N-methyl/N-ethyl adjacent to an activating group) is 1. The molecule has 2 heterocycles. The molecular weight excluding hydrogens is 411 g/mol. The molecule has 29 heavy (non-hydrogen) atoms. The molecule has 2 aliphatic heterocycles. The summed E-state index contributed by atoms with van der Waals surface area (Å²) >= 11 is 12.3. The number of para-hydroxylation sites is 1. The van der Waals surface area contributed by atoms with Gasteiger partial charge in [-0.25, -0.2) is 0 Å². The van der Waals surface area contributed by atoms with Gasteiger partial charge in [0.05, 0.1) is 15.6 Å². The molecule has 0 aromatic heterocycles. The quantitative estimate of drug-likeness (QED) is 0.680. The zero-order valence-corrected chi connectivity index (χ0v) is 18.6. The van der Waals surface area contributed by atoms with E-state index in [0.717, 1.165) is 51.8 Å². The van der Waals surface area contributed by atoms with E-state index < -0.39 is 0 Å². The third-order valence-electron chi connectivity index (χ3n) is 6.87. The Morgan fingerprint density at radius 1 is 1.24 bits per heavy atom. The molecule has 3 atom stereocenters. The lowest BCUT2D eigenvalue weighted by Crippen LogP contribution is -2.58. The van der Waals surface area contributed by atoms with E-state index in [1.54, 1.807) is 18.2 Å². The molecule has 3 fully saturated rings. The molecule has 1 saturated carbocycles. The third-order valence-corrected chi connectivity index (χ3v) is 7.46. The molecule has 1 aromatic rings. The maximum absolute atomic E-state index is 13.0. The smallest absolute Gasteiger partial charge is 0.260 e. The van der Waals surface area contributed by atoms with Gasteiger partial charge in [0.15, 0.2) is 12.4 Å². The summed E-state index contributed by atoms with van der Waals surface area (Å²) in [7, 11) is 1.90. The summed E-state index contributed by atoms with van der Waals surface area (Å²) in [5.74, 6) is 0.328. The molecule has 1 aliphatic carbocycles. The number of benzene rings is 1. The lowest BCUT2D eigenvalue weighted by molar-refractivity contribution is -0.139. The summed E-state index contributed by atoms with van der Waals surface area (Å²) in [5, 5.41) is 0.835. The minimum Gasteiger partial charge on any atom is -0.481 e. The molecular formula is C22H30Cl2N2O3.